The van der Waals surface area contributed by atoms with Gasteiger partial charge in [0.05, 0.1) is 10.9 Å². The van der Waals surface area contributed by atoms with Gasteiger partial charge >= 0.3 is 0 Å². The van der Waals surface area contributed by atoms with E-state index in [1.54, 1.807) is 12.4 Å². The Hall–Kier alpha value is -2.38. The predicted octanol–water partition coefficient (Wildman–Crippen LogP) is 5.22. The highest BCUT2D eigenvalue weighted by atomic mass is 35.5. The summed E-state index contributed by atoms with van der Waals surface area (Å²) in [5.74, 6) is 0.731. The first-order valence-corrected chi connectivity index (χ1v) is 11.9. The van der Waals surface area contributed by atoms with Gasteiger partial charge in [-0.25, -0.2) is 0 Å². The third-order valence-electron chi connectivity index (χ3n) is 5.65. The molecule has 1 unspecified atom stereocenters. The second-order valence-electron chi connectivity index (χ2n) is 7.87. The van der Waals surface area contributed by atoms with Crippen LogP contribution in [0.1, 0.15) is 44.6 Å². The van der Waals surface area contributed by atoms with Crippen molar-refractivity contribution in [2.75, 3.05) is 0 Å². The van der Waals surface area contributed by atoms with Crippen molar-refractivity contribution in [3.63, 3.8) is 0 Å². The number of aromatic nitrogens is 4. The molecule has 0 saturated heterocycles. The molecule has 0 bridgehead atoms. The molecule has 0 radical (unpaired) electrons. The van der Waals surface area contributed by atoms with E-state index in [-0.39, 0.29) is 17.2 Å². The molecule has 162 valence electrons. The Morgan fingerprint density at radius 2 is 1.90 bits per heavy atom. The van der Waals surface area contributed by atoms with Crippen LogP contribution in [-0.2, 0) is 4.79 Å². The van der Waals surface area contributed by atoms with E-state index in [0.717, 1.165) is 29.7 Å². The van der Waals surface area contributed by atoms with E-state index in [1.165, 1.54) is 31.0 Å². The second kappa shape index (κ2) is 9.83. The molecule has 1 aliphatic carbocycles. The Labute approximate surface area is 191 Å². The summed E-state index contributed by atoms with van der Waals surface area (Å²) < 4.78 is 1.98. The van der Waals surface area contributed by atoms with Crippen molar-refractivity contribution in [3.05, 3.63) is 53.3 Å². The van der Waals surface area contributed by atoms with Gasteiger partial charge in [-0.15, -0.1) is 10.2 Å². The number of benzene rings is 1. The van der Waals surface area contributed by atoms with Gasteiger partial charge in [0.1, 0.15) is 0 Å². The first kappa shape index (κ1) is 21.8. The zero-order valence-corrected chi connectivity index (χ0v) is 19.3. The van der Waals surface area contributed by atoms with Gasteiger partial charge in [0.15, 0.2) is 11.0 Å². The summed E-state index contributed by atoms with van der Waals surface area (Å²) in [5, 5.41) is 13.1. The maximum absolute atomic E-state index is 12.8. The molecular weight excluding hydrogens is 430 g/mol. The van der Waals surface area contributed by atoms with Crippen molar-refractivity contribution < 1.29 is 4.79 Å². The lowest BCUT2D eigenvalue weighted by Crippen LogP contribution is -2.40. The summed E-state index contributed by atoms with van der Waals surface area (Å²) in [4.78, 5) is 16.9. The Balaban J connectivity index is 1.65. The number of amides is 1. The Kier molecular flexibility index (Phi) is 6.92. The highest BCUT2D eigenvalue weighted by Gasteiger charge is 2.25. The first-order valence-electron chi connectivity index (χ1n) is 10.6. The van der Waals surface area contributed by atoms with Crippen LogP contribution < -0.4 is 5.32 Å². The van der Waals surface area contributed by atoms with Gasteiger partial charge in [-0.2, -0.15) is 0 Å². The summed E-state index contributed by atoms with van der Waals surface area (Å²) in [6.07, 6.45) is 9.21. The Bertz CT molecular complexity index is 1050. The maximum atomic E-state index is 12.8. The molecule has 3 aromatic rings. The van der Waals surface area contributed by atoms with Gasteiger partial charge in [0.2, 0.25) is 5.91 Å². The largest absolute Gasteiger partial charge is 0.352 e. The van der Waals surface area contributed by atoms with Crippen LogP contribution in [-0.4, -0.2) is 36.9 Å². The van der Waals surface area contributed by atoms with Crippen LogP contribution in [0.2, 0.25) is 5.02 Å². The molecule has 1 fully saturated rings. The van der Waals surface area contributed by atoms with E-state index in [9.17, 15) is 4.79 Å². The smallest absolute Gasteiger partial charge is 0.233 e. The number of nitrogens with zero attached hydrogens (tertiary/aromatic N) is 4. The van der Waals surface area contributed by atoms with Crippen LogP contribution >= 0.6 is 23.4 Å². The fourth-order valence-electron chi connectivity index (χ4n) is 3.87. The fourth-order valence-corrected chi connectivity index (χ4v) is 4.91. The first-order chi connectivity index (χ1) is 15.0. The summed E-state index contributed by atoms with van der Waals surface area (Å²) in [7, 11) is 0. The lowest BCUT2D eigenvalue weighted by atomic mass is 9.95. The summed E-state index contributed by atoms with van der Waals surface area (Å²) in [6, 6.07) is 9.84. The molecular formula is C23H26ClN5OS. The van der Waals surface area contributed by atoms with Crippen LogP contribution in [0.3, 0.4) is 0 Å². The second-order valence-corrected chi connectivity index (χ2v) is 9.58. The SMILES string of the molecule is Cc1c(Cl)cccc1-n1c(SC(C)C(=O)NC2CCCCC2)nnc1-c1ccncc1. The van der Waals surface area contributed by atoms with Gasteiger partial charge in [0, 0.05) is 29.0 Å². The van der Waals surface area contributed by atoms with E-state index < -0.39 is 0 Å². The van der Waals surface area contributed by atoms with Gasteiger partial charge < -0.3 is 5.32 Å². The van der Waals surface area contributed by atoms with Crippen molar-refractivity contribution in [2.45, 2.75) is 62.4 Å². The minimum Gasteiger partial charge on any atom is -0.352 e. The number of rotatable bonds is 6. The van der Waals surface area contributed by atoms with Crippen LogP contribution in [0.25, 0.3) is 17.1 Å². The fraction of sp³-hybridized carbons (Fsp3) is 0.391. The molecule has 4 rings (SSSR count). The molecule has 1 saturated carbocycles. The molecule has 1 aromatic carbocycles. The number of nitrogens with one attached hydrogen (secondary N) is 1. The molecule has 0 spiro atoms. The highest BCUT2D eigenvalue weighted by Crippen LogP contribution is 2.33. The number of thioether (sulfide) groups is 1. The van der Waals surface area contributed by atoms with Crippen LogP contribution in [0, 0.1) is 6.92 Å². The standard InChI is InChI=1S/C23H26ClN5OS/c1-15-19(24)9-6-10-20(15)29-21(17-11-13-25-14-12-17)27-28-23(29)31-16(2)22(30)26-18-7-4-3-5-8-18/h6,9-14,16,18H,3-5,7-8H2,1-2H3,(H,26,30). The Morgan fingerprint density at radius 1 is 1.16 bits per heavy atom. The molecule has 1 atom stereocenters. The third kappa shape index (κ3) is 4.93. The molecule has 1 amide bonds. The topological polar surface area (TPSA) is 72.7 Å². The van der Waals surface area contributed by atoms with E-state index >= 15 is 0 Å². The number of carbonyl (C=O) groups excluding carboxylic acids is 1. The molecule has 31 heavy (non-hydrogen) atoms. The summed E-state index contributed by atoms with van der Waals surface area (Å²) in [6.45, 7) is 3.89. The molecule has 1 N–H and O–H groups in total. The minimum absolute atomic E-state index is 0.0414. The number of hydrogen-bond donors (Lipinski definition) is 1. The monoisotopic (exact) mass is 455 g/mol. The third-order valence-corrected chi connectivity index (χ3v) is 7.11. The molecule has 2 aromatic heterocycles. The Morgan fingerprint density at radius 3 is 2.65 bits per heavy atom. The van der Waals surface area contributed by atoms with Crippen molar-refractivity contribution in [1.29, 1.82) is 0 Å². The quantitative estimate of drug-likeness (QED) is 0.516. The average molecular weight is 456 g/mol. The maximum Gasteiger partial charge on any atom is 0.233 e. The van der Waals surface area contributed by atoms with Crippen molar-refractivity contribution in [2.24, 2.45) is 0 Å². The van der Waals surface area contributed by atoms with Crippen molar-refractivity contribution in [1.82, 2.24) is 25.1 Å². The van der Waals surface area contributed by atoms with Gasteiger partial charge in [-0.3, -0.25) is 14.3 Å². The average Bonchev–Trinajstić information content (AvgIpc) is 3.20. The van der Waals surface area contributed by atoms with Crippen molar-refractivity contribution in [3.8, 4) is 17.1 Å². The normalized spacial score (nSPS) is 15.6. The zero-order chi connectivity index (χ0) is 21.8. The van der Waals surface area contributed by atoms with E-state index in [4.69, 9.17) is 11.6 Å². The molecule has 2 heterocycles. The molecule has 6 nitrogen and oxygen atoms in total. The summed E-state index contributed by atoms with van der Waals surface area (Å²) >= 11 is 7.82. The number of pyridine rings is 1. The number of carbonyl (C=O) groups is 1. The van der Waals surface area contributed by atoms with Crippen LogP contribution in [0.5, 0.6) is 0 Å². The zero-order valence-electron chi connectivity index (χ0n) is 17.7. The molecule has 1 aliphatic rings. The lowest BCUT2D eigenvalue weighted by molar-refractivity contribution is -0.121. The highest BCUT2D eigenvalue weighted by molar-refractivity contribution is 8.00. The van der Waals surface area contributed by atoms with E-state index in [2.05, 4.69) is 20.5 Å². The van der Waals surface area contributed by atoms with Gasteiger partial charge in [-0.1, -0.05) is 48.7 Å². The lowest BCUT2D eigenvalue weighted by Gasteiger charge is -2.24. The predicted molar refractivity (Wildman–Crippen MR) is 125 cm³/mol. The van der Waals surface area contributed by atoms with Crippen LogP contribution in [0.4, 0.5) is 0 Å². The minimum atomic E-state index is -0.297. The number of halogens is 1. The van der Waals surface area contributed by atoms with Crippen molar-refractivity contribution >= 4 is 29.3 Å². The van der Waals surface area contributed by atoms with Crippen LogP contribution in [0.15, 0.2) is 47.9 Å². The van der Waals surface area contributed by atoms with E-state index in [0.29, 0.717) is 16.0 Å². The number of hydrogen-bond acceptors (Lipinski definition) is 5. The molecule has 0 aliphatic heterocycles. The van der Waals surface area contributed by atoms with Gasteiger partial charge in [0.25, 0.3) is 0 Å². The molecule has 8 heteroatoms. The van der Waals surface area contributed by atoms with Gasteiger partial charge in [-0.05, 0) is 56.5 Å². The summed E-state index contributed by atoms with van der Waals surface area (Å²) in [5.41, 5.74) is 2.72. The van der Waals surface area contributed by atoms with E-state index in [1.807, 2.05) is 48.7 Å².